The van der Waals surface area contributed by atoms with E-state index in [1.165, 1.54) is 11.1 Å². The van der Waals surface area contributed by atoms with E-state index in [1.807, 2.05) is 6.26 Å². The van der Waals surface area contributed by atoms with E-state index in [9.17, 15) is 0 Å². The molecule has 1 aromatic carbocycles. The van der Waals surface area contributed by atoms with Crippen molar-refractivity contribution in [1.29, 1.82) is 0 Å². The van der Waals surface area contributed by atoms with Crippen molar-refractivity contribution in [2.45, 2.75) is 36.5 Å². The normalized spacial score (nSPS) is 11.2. The average molecular weight is 294 g/mol. The van der Waals surface area contributed by atoms with Gasteiger partial charge in [-0.1, -0.05) is 49.9 Å². The highest BCUT2D eigenvalue weighted by Crippen LogP contribution is 2.23. The molecule has 0 aliphatic carbocycles. The van der Waals surface area contributed by atoms with Gasteiger partial charge in [0.2, 0.25) is 5.89 Å². The van der Waals surface area contributed by atoms with Crippen LogP contribution in [-0.4, -0.2) is 16.5 Å². The molecule has 0 radical (unpaired) electrons. The molecule has 2 aromatic rings. The summed E-state index contributed by atoms with van der Waals surface area (Å²) in [7, 11) is 0. The van der Waals surface area contributed by atoms with Gasteiger partial charge in [0.05, 0.1) is 5.75 Å². The first kappa shape index (κ1) is 14.5. The minimum atomic E-state index is 0.576. The fourth-order valence-electron chi connectivity index (χ4n) is 1.62. The Bertz CT molecular complexity index is 508. The summed E-state index contributed by atoms with van der Waals surface area (Å²) in [4.78, 5) is 0. The fourth-order valence-corrected chi connectivity index (χ4v) is 2.72. The maximum Gasteiger partial charge on any atom is 0.276 e. The van der Waals surface area contributed by atoms with Crippen molar-refractivity contribution in [2.75, 3.05) is 6.26 Å². The molecule has 1 aromatic heterocycles. The Hall–Kier alpha value is -0.940. The number of thioether (sulfide) groups is 2. The fraction of sp³-hybridized carbons (Fsp3) is 0.429. The third kappa shape index (κ3) is 4.28. The molecule has 0 spiro atoms. The van der Waals surface area contributed by atoms with Crippen LogP contribution in [0.15, 0.2) is 33.9 Å². The first-order valence-corrected chi connectivity index (χ1v) is 8.60. The highest BCUT2D eigenvalue weighted by Gasteiger charge is 2.06. The lowest BCUT2D eigenvalue weighted by molar-refractivity contribution is 0.426. The zero-order chi connectivity index (χ0) is 13.7. The van der Waals surface area contributed by atoms with Crippen molar-refractivity contribution in [3.63, 3.8) is 0 Å². The van der Waals surface area contributed by atoms with Crippen molar-refractivity contribution in [3.05, 3.63) is 41.3 Å². The van der Waals surface area contributed by atoms with Gasteiger partial charge in [0.25, 0.3) is 5.22 Å². The van der Waals surface area contributed by atoms with Crippen LogP contribution < -0.4 is 0 Å². The molecule has 0 saturated heterocycles. The lowest BCUT2D eigenvalue weighted by Crippen LogP contribution is -1.88. The molecule has 0 amide bonds. The highest BCUT2D eigenvalue weighted by molar-refractivity contribution is 7.98. The minimum absolute atomic E-state index is 0.576. The van der Waals surface area contributed by atoms with E-state index < -0.39 is 0 Å². The lowest BCUT2D eigenvalue weighted by atomic mass is 10.0. The Morgan fingerprint density at radius 3 is 2.47 bits per heavy atom. The van der Waals surface area contributed by atoms with Crippen molar-refractivity contribution in [2.24, 2.45) is 0 Å². The van der Waals surface area contributed by atoms with Crippen LogP contribution in [-0.2, 0) is 11.5 Å². The third-order valence-electron chi connectivity index (χ3n) is 2.72. The molecular formula is C14H18N2OS2. The summed E-state index contributed by atoms with van der Waals surface area (Å²) in [6.07, 6.45) is 2.02. The SMILES string of the molecule is CSCc1nnc(SCc2ccc(C(C)C)cc2)o1. The van der Waals surface area contributed by atoms with Gasteiger partial charge >= 0.3 is 0 Å². The van der Waals surface area contributed by atoms with E-state index in [1.54, 1.807) is 23.5 Å². The molecule has 19 heavy (non-hydrogen) atoms. The van der Waals surface area contributed by atoms with Crippen LogP contribution in [0.3, 0.4) is 0 Å². The zero-order valence-corrected chi connectivity index (χ0v) is 13.1. The maximum atomic E-state index is 5.53. The standard InChI is InChI=1S/C14H18N2OS2/c1-10(2)12-6-4-11(5-7-12)8-19-14-16-15-13(17-14)9-18-3/h4-7,10H,8-9H2,1-3H3. The van der Waals surface area contributed by atoms with E-state index in [-0.39, 0.29) is 0 Å². The smallest absolute Gasteiger partial charge is 0.276 e. The number of aromatic nitrogens is 2. The molecular weight excluding hydrogens is 276 g/mol. The molecule has 0 bridgehead atoms. The zero-order valence-electron chi connectivity index (χ0n) is 11.4. The Labute approximate surface area is 122 Å². The predicted octanol–water partition coefficient (Wildman–Crippen LogP) is 4.35. The number of hydrogen-bond acceptors (Lipinski definition) is 5. The largest absolute Gasteiger partial charge is 0.415 e. The van der Waals surface area contributed by atoms with Crippen LogP contribution >= 0.6 is 23.5 Å². The lowest BCUT2D eigenvalue weighted by Gasteiger charge is -2.05. The van der Waals surface area contributed by atoms with Gasteiger partial charge < -0.3 is 4.42 Å². The van der Waals surface area contributed by atoms with E-state index >= 15 is 0 Å². The second-order valence-electron chi connectivity index (χ2n) is 4.58. The maximum absolute atomic E-state index is 5.53. The minimum Gasteiger partial charge on any atom is -0.415 e. The summed E-state index contributed by atoms with van der Waals surface area (Å²) < 4.78 is 5.53. The van der Waals surface area contributed by atoms with Gasteiger partial charge in [-0.2, -0.15) is 11.8 Å². The van der Waals surface area contributed by atoms with Crippen LogP contribution in [0.25, 0.3) is 0 Å². The van der Waals surface area contributed by atoms with Crippen LogP contribution in [0.2, 0.25) is 0 Å². The quantitative estimate of drug-likeness (QED) is 0.741. The summed E-state index contributed by atoms with van der Waals surface area (Å²) in [6, 6.07) is 8.71. The topological polar surface area (TPSA) is 38.9 Å². The first-order valence-electron chi connectivity index (χ1n) is 6.22. The second-order valence-corrected chi connectivity index (χ2v) is 6.37. The van der Waals surface area contributed by atoms with E-state index in [0.29, 0.717) is 17.0 Å². The van der Waals surface area contributed by atoms with Crippen molar-refractivity contribution < 1.29 is 4.42 Å². The third-order valence-corrected chi connectivity index (χ3v) is 4.15. The molecule has 0 unspecified atom stereocenters. The van der Waals surface area contributed by atoms with Gasteiger partial charge in [-0.05, 0) is 23.3 Å². The van der Waals surface area contributed by atoms with Gasteiger partial charge in [-0.15, -0.1) is 10.2 Å². The van der Waals surface area contributed by atoms with Gasteiger partial charge in [-0.3, -0.25) is 0 Å². The van der Waals surface area contributed by atoms with E-state index in [2.05, 4.69) is 48.3 Å². The number of hydrogen-bond donors (Lipinski definition) is 0. The Morgan fingerprint density at radius 2 is 1.84 bits per heavy atom. The van der Waals surface area contributed by atoms with Crippen LogP contribution in [0.1, 0.15) is 36.8 Å². The second kappa shape index (κ2) is 7.01. The number of nitrogens with zero attached hydrogens (tertiary/aromatic N) is 2. The van der Waals surface area contributed by atoms with Crippen LogP contribution in [0.4, 0.5) is 0 Å². The van der Waals surface area contributed by atoms with E-state index in [4.69, 9.17) is 4.42 Å². The molecule has 0 atom stereocenters. The molecule has 2 rings (SSSR count). The van der Waals surface area contributed by atoms with Crippen molar-refractivity contribution in [1.82, 2.24) is 10.2 Å². The van der Waals surface area contributed by atoms with Gasteiger partial charge in [-0.25, -0.2) is 0 Å². The van der Waals surface area contributed by atoms with Gasteiger partial charge in [0.15, 0.2) is 0 Å². The molecule has 0 aliphatic rings. The molecule has 3 nitrogen and oxygen atoms in total. The monoisotopic (exact) mass is 294 g/mol. The molecule has 0 aliphatic heterocycles. The summed E-state index contributed by atoms with van der Waals surface area (Å²) in [5, 5.41) is 8.68. The Morgan fingerprint density at radius 1 is 1.11 bits per heavy atom. The van der Waals surface area contributed by atoms with Crippen LogP contribution in [0, 0.1) is 0 Å². The van der Waals surface area contributed by atoms with Crippen molar-refractivity contribution >= 4 is 23.5 Å². The Balaban J connectivity index is 1.90. The highest BCUT2D eigenvalue weighted by atomic mass is 32.2. The van der Waals surface area contributed by atoms with Crippen LogP contribution in [0.5, 0.6) is 0 Å². The summed E-state index contributed by atoms with van der Waals surface area (Å²) in [5.41, 5.74) is 2.65. The molecule has 1 heterocycles. The summed E-state index contributed by atoms with van der Waals surface area (Å²) in [5.74, 6) is 2.91. The molecule has 0 fully saturated rings. The predicted molar refractivity (Wildman–Crippen MR) is 81.6 cm³/mol. The molecule has 5 heteroatoms. The average Bonchev–Trinajstić information content (AvgIpc) is 2.85. The Kier molecular flexibility index (Phi) is 5.34. The van der Waals surface area contributed by atoms with Crippen molar-refractivity contribution in [3.8, 4) is 0 Å². The number of rotatable bonds is 6. The molecule has 0 N–H and O–H groups in total. The summed E-state index contributed by atoms with van der Waals surface area (Å²) in [6.45, 7) is 4.41. The molecule has 102 valence electrons. The van der Waals surface area contributed by atoms with E-state index in [0.717, 1.165) is 11.5 Å². The van der Waals surface area contributed by atoms with Gasteiger partial charge in [0.1, 0.15) is 0 Å². The first-order chi connectivity index (χ1) is 9.19. The van der Waals surface area contributed by atoms with Gasteiger partial charge in [0, 0.05) is 5.75 Å². The molecule has 0 saturated carbocycles. The summed E-state index contributed by atoms with van der Waals surface area (Å²) >= 11 is 3.27. The number of benzene rings is 1.